The van der Waals surface area contributed by atoms with Gasteiger partial charge in [0, 0.05) is 6.54 Å². The molecule has 0 amide bonds. The Hall–Kier alpha value is -1.18. The summed E-state index contributed by atoms with van der Waals surface area (Å²) < 4.78 is 6.24. The van der Waals surface area contributed by atoms with Crippen molar-refractivity contribution in [2.75, 3.05) is 11.9 Å². The minimum Gasteiger partial charge on any atom is -0.485 e. The normalized spacial score (nSPS) is 21.6. The summed E-state index contributed by atoms with van der Waals surface area (Å²) in [6.07, 6.45) is 6.12. The molecule has 16 heavy (non-hydrogen) atoms. The number of hydrogen-bond donors (Lipinski definition) is 1. The van der Waals surface area contributed by atoms with Crippen molar-refractivity contribution in [3.8, 4) is 5.75 Å². The van der Waals surface area contributed by atoms with E-state index in [1.54, 1.807) is 0 Å². The lowest BCUT2D eigenvalue weighted by Crippen LogP contribution is -2.28. The topological polar surface area (TPSA) is 21.3 Å². The first-order valence-corrected chi connectivity index (χ1v) is 6.32. The number of fused-ring (bicyclic) bond motifs is 1. The highest BCUT2D eigenvalue weighted by Gasteiger charge is 2.31. The maximum atomic E-state index is 6.24. The van der Waals surface area contributed by atoms with Crippen LogP contribution in [0.4, 0.5) is 5.69 Å². The number of rotatable bonds is 2. The molecule has 2 heteroatoms. The lowest BCUT2D eigenvalue weighted by Gasteiger charge is -2.26. The van der Waals surface area contributed by atoms with Crippen LogP contribution in [0.1, 0.15) is 38.2 Å². The van der Waals surface area contributed by atoms with Crippen LogP contribution in [0.3, 0.4) is 0 Å². The summed E-state index contributed by atoms with van der Waals surface area (Å²) >= 11 is 0. The minimum absolute atomic E-state index is 0.0688. The Bertz CT molecular complexity index is 394. The van der Waals surface area contributed by atoms with Crippen LogP contribution in [0.5, 0.6) is 5.75 Å². The first kappa shape index (κ1) is 10.0. The van der Waals surface area contributed by atoms with Crippen molar-refractivity contribution in [1.82, 2.24) is 0 Å². The van der Waals surface area contributed by atoms with E-state index in [4.69, 9.17) is 4.74 Å². The molecule has 1 aromatic carbocycles. The quantitative estimate of drug-likeness (QED) is 0.820. The van der Waals surface area contributed by atoms with Gasteiger partial charge < -0.3 is 10.1 Å². The van der Waals surface area contributed by atoms with Crippen LogP contribution < -0.4 is 10.1 Å². The molecule has 0 bridgehead atoms. The molecule has 1 heterocycles. The van der Waals surface area contributed by atoms with Gasteiger partial charge in [-0.05, 0) is 50.7 Å². The molecule has 0 atom stereocenters. The van der Waals surface area contributed by atoms with Gasteiger partial charge in [0.05, 0.1) is 5.69 Å². The van der Waals surface area contributed by atoms with Crippen molar-refractivity contribution in [3.05, 3.63) is 23.8 Å². The van der Waals surface area contributed by atoms with Crippen LogP contribution in [0.15, 0.2) is 18.2 Å². The van der Waals surface area contributed by atoms with Gasteiger partial charge in [0.25, 0.3) is 0 Å². The molecule has 0 spiro atoms. The summed E-state index contributed by atoms with van der Waals surface area (Å²) in [7, 11) is 0. The van der Waals surface area contributed by atoms with E-state index in [9.17, 15) is 0 Å². The minimum atomic E-state index is 0.0688. The fourth-order valence-electron chi connectivity index (χ4n) is 2.88. The van der Waals surface area contributed by atoms with Crippen LogP contribution in [0.2, 0.25) is 0 Å². The molecule has 2 aliphatic rings. The van der Waals surface area contributed by atoms with Crippen LogP contribution >= 0.6 is 0 Å². The van der Waals surface area contributed by atoms with Crippen LogP contribution in [0.25, 0.3) is 0 Å². The van der Waals surface area contributed by atoms with Gasteiger partial charge in [-0.25, -0.2) is 0 Å². The second-order valence-corrected chi connectivity index (χ2v) is 5.23. The number of anilines is 1. The van der Waals surface area contributed by atoms with Gasteiger partial charge in [-0.3, -0.25) is 0 Å². The number of para-hydroxylation sites is 1. The molecule has 3 rings (SSSR count). The monoisotopic (exact) mass is 217 g/mol. The fourth-order valence-corrected chi connectivity index (χ4v) is 2.88. The summed E-state index contributed by atoms with van der Waals surface area (Å²) in [5, 5.41) is 3.43. The highest BCUT2D eigenvalue weighted by molar-refractivity contribution is 5.65. The van der Waals surface area contributed by atoms with E-state index in [1.165, 1.54) is 36.9 Å². The molecule has 86 valence electrons. The largest absolute Gasteiger partial charge is 0.485 e. The van der Waals surface area contributed by atoms with Gasteiger partial charge in [-0.1, -0.05) is 12.1 Å². The third-order valence-electron chi connectivity index (χ3n) is 3.83. The second kappa shape index (κ2) is 3.69. The zero-order valence-corrected chi connectivity index (χ0v) is 9.88. The van der Waals surface area contributed by atoms with Gasteiger partial charge in [-0.2, -0.15) is 0 Å². The van der Waals surface area contributed by atoms with Gasteiger partial charge in [0.15, 0.2) is 0 Å². The van der Waals surface area contributed by atoms with Crippen molar-refractivity contribution in [3.63, 3.8) is 0 Å². The van der Waals surface area contributed by atoms with Gasteiger partial charge >= 0.3 is 0 Å². The molecule has 0 radical (unpaired) electrons. The Labute approximate surface area is 97.0 Å². The molecule has 1 aliphatic carbocycles. The molecule has 0 unspecified atom stereocenters. The van der Waals surface area contributed by atoms with Crippen molar-refractivity contribution in [2.45, 2.75) is 44.6 Å². The number of benzene rings is 1. The lowest BCUT2D eigenvalue weighted by atomic mass is 10.1. The smallest absolute Gasteiger partial charge is 0.143 e. The summed E-state index contributed by atoms with van der Waals surface area (Å²) in [6, 6.07) is 6.40. The van der Waals surface area contributed by atoms with E-state index in [0.717, 1.165) is 18.7 Å². The average Bonchev–Trinajstić information content (AvgIpc) is 2.87. The maximum absolute atomic E-state index is 6.24. The second-order valence-electron chi connectivity index (χ2n) is 5.23. The van der Waals surface area contributed by atoms with Gasteiger partial charge in [-0.15, -0.1) is 0 Å². The van der Waals surface area contributed by atoms with Crippen LogP contribution in [-0.2, 0) is 6.42 Å². The number of nitrogens with one attached hydrogen (secondary N) is 1. The third-order valence-corrected chi connectivity index (χ3v) is 3.83. The molecule has 1 aromatic rings. The number of hydrogen-bond acceptors (Lipinski definition) is 2. The van der Waals surface area contributed by atoms with Crippen molar-refractivity contribution < 1.29 is 4.74 Å². The summed E-state index contributed by atoms with van der Waals surface area (Å²) in [6.45, 7) is 3.29. The maximum Gasteiger partial charge on any atom is 0.143 e. The Kier molecular flexibility index (Phi) is 2.31. The Morgan fingerprint density at radius 1 is 1.25 bits per heavy atom. The Balaban J connectivity index is 1.87. The molecule has 1 saturated carbocycles. The van der Waals surface area contributed by atoms with E-state index in [0.29, 0.717) is 0 Å². The number of ether oxygens (including phenoxy) is 1. The molecule has 1 fully saturated rings. The van der Waals surface area contributed by atoms with Gasteiger partial charge in [0.2, 0.25) is 0 Å². The Morgan fingerprint density at radius 2 is 2.06 bits per heavy atom. The predicted molar refractivity (Wildman–Crippen MR) is 66.1 cm³/mol. The molecule has 1 aliphatic heterocycles. The van der Waals surface area contributed by atoms with Crippen LogP contribution in [0, 0.1) is 0 Å². The third kappa shape index (κ3) is 1.66. The average molecular weight is 217 g/mol. The van der Waals surface area contributed by atoms with E-state index in [1.807, 2.05) is 0 Å². The molecule has 2 nitrogen and oxygen atoms in total. The van der Waals surface area contributed by atoms with E-state index in [2.05, 4.69) is 30.4 Å². The van der Waals surface area contributed by atoms with E-state index >= 15 is 0 Å². The van der Waals surface area contributed by atoms with Crippen molar-refractivity contribution in [1.29, 1.82) is 0 Å². The molecular formula is C14H19NO. The van der Waals surface area contributed by atoms with Crippen molar-refractivity contribution >= 4 is 5.69 Å². The lowest BCUT2D eigenvalue weighted by molar-refractivity contribution is 0.0977. The zero-order chi connectivity index (χ0) is 11.0. The first-order valence-electron chi connectivity index (χ1n) is 6.32. The first-order chi connectivity index (χ1) is 7.77. The molecular weight excluding hydrogens is 198 g/mol. The zero-order valence-electron chi connectivity index (χ0n) is 9.88. The van der Waals surface area contributed by atoms with Crippen molar-refractivity contribution in [2.24, 2.45) is 0 Å². The standard InChI is InChI=1S/C14H19NO/c1-14(8-2-3-9-14)16-12-6-4-5-11-7-10-15-13(11)12/h4-6,15H,2-3,7-10H2,1H3. The van der Waals surface area contributed by atoms with Gasteiger partial charge in [0.1, 0.15) is 11.4 Å². The Morgan fingerprint density at radius 3 is 2.88 bits per heavy atom. The predicted octanol–water partition coefficient (Wildman–Crippen LogP) is 3.37. The summed E-state index contributed by atoms with van der Waals surface area (Å²) in [5.41, 5.74) is 2.70. The molecule has 0 saturated heterocycles. The highest BCUT2D eigenvalue weighted by Crippen LogP contribution is 2.39. The SMILES string of the molecule is CC1(Oc2cccc3c2NCC3)CCCC1. The molecule has 1 N–H and O–H groups in total. The van der Waals surface area contributed by atoms with E-state index in [-0.39, 0.29) is 5.60 Å². The van der Waals surface area contributed by atoms with E-state index < -0.39 is 0 Å². The molecule has 0 aromatic heterocycles. The highest BCUT2D eigenvalue weighted by atomic mass is 16.5. The summed E-state index contributed by atoms with van der Waals surface area (Å²) in [5.74, 6) is 1.06. The summed E-state index contributed by atoms with van der Waals surface area (Å²) in [4.78, 5) is 0. The van der Waals surface area contributed by atoms with Crippen LogP contribution in [-0.4, -0.2) is 12.1 Å². The fraction of sp³-hybridized carbons (Fsp3) is 0.571.